The maximum atomic E-state index is 14.2. The molecule has 2 amide bonds. The number of likely N-dealkylation sites (tertiary alicyclic amines) is 1. The Morgan fingerprint density at radius 2 is 1.65 bits per heavy atom. The summed E-state index contributed by atoms with van der Waals surface area (Å²) < 4.78 is 14.2. The van der Waals surface area contributed by atoms with Gasteiger partial charge in [-0.25, -0.2) is 4.39 Å². The highest BCUT2D eigenvalue weighted by Crippen LogP contribution is 2.24. The predicted octanol–water partition coefficient (Wildman–Crippen LogP) is 8.62. The molecule has 3 aromatic rings. The van der Waals surface area contributed by atoms with Gasteiger partial charge >= 0.3 is 0 Å². The quantitative estimate of drug-likeness (QED) is 0.198. The largest absolute Gasteiger partial charge is 0.331 e. The normalized spacial score (nSPS) is 14.2. The lowest BCUT2D eigenvalue weighted by molar-refractivity contribution is 0.0546. The third kappa shape index (κ3) is 9.64. The highest BCUT2D eigenvalue weighted by molar-refractivity contribution is 6.31. The van der Waals surface area contributed by atoms with E-state index in [1.165, 1.54) is 43.0 Å². The molecule has 3 aromatic carbocycles. The minimum Gasteiger partial charge on any atom is -0.331 e. The van der Waals surface area contributed by atoms with Crippen LogP contribution in [0.5, 0.6) is 0 Å². The van der Waals surface area contributed by atoms with Gasteiger partial charge in [0.1, 0.15) is 5.82 Å². The zero-order valence-corrected chi connectivity index (χ0v) is 26.5. The van der Waals surface area contributed by atoms with Crippen LogP contribution in [0.2, 0.25) is 5.02 Å². The van der Waals surface area contributed by atoms with E-state index in [1.807, 2.05) is 29.2 Å². The Kier molecular flexibility index (Phi) is 12.2. The van der Waals surface area contributed by atoms with Gasteiger partial charge in [-0.15, -0.1) is 0 Å². The number of halogens is 2. The molecule has 4 rings (SSSR count). The SMILES string of the molecule is CCCCCc1ccc(C(=O)N(Cc2ccc(NC(=O)c3cc(Cl)ccc3F)cc2)C2CCN(CCC(C)C)CC2)cc1. The van der Waals surface area contributed by atoms with E-state index in [9.17, 15) is 14.0 Å². The molecule has 43 heavy (non-hydrogen) atoms. The summed E-state index contributed by atoms with van der Waals surface area (Å²) in [6, 6.07) is 19.6. The van der Waals surface area contributed by atoms with Gasteiger partial charge in [-0.2, -0.15) is 0 Å². The summed E-state index contributed by atoms with van der Waals surface area (Å²) in [6.07, 6.45) is 7.67. The average molecular weight is 606 g/mol. The third-order valence-electron chi connectivity index (χ3n) is 8.29. The lowest BCUT2D eigenvalue weighted by atomic mass is 9.99. The van der Waals surface area contributed by atoms with Gasteiger partial charge in [0.05, 0.1) is 5.56 Å². The maximum Gasteiger partial charge on any atom is 0.258 e. The predicted molar refractivity (Wildman–Crippen MR) is 174 cm³/mol. The lowest BCUT2D eigenvalue weighted by Gasteiger charge is -2.39. The van der Waals surface area contributed by atoms with E-state index in [-0.39, 0.29) is 17.5 Å². The number of carbonyl (C=O) groups is 2. The van der Waals surface area contributed by atoms with Gasteiger partial charge in [0, 0.05) is 41.9 Å². The van der Waals surface area contributed by atoms with Crippen molar-refractivity contribution in [1.29, 1.82) is 0 Å². The second kappa shape index (κ2) is 16.0. The van der Waals surface area contributed by atoms with Crippen LogP contribution in [0.1, 0.15) is 91.1 Å². The van der Waals surface area contributed by atoms with E-state index in [0.29, 0.717) is 28.7 Å². The van der Waals surface area contributed by atoms with Gasteiger partial charge in [-0.3, -0.25) is 9.59 Å². The number of rotatable bonds is 13. The van der Waals surface area contributed by atoms with Crippen molar-refractivity contribution in [3.63, 3.8) is 0 Å². The van der Waals surface area contributed by atoms with Crippen LogP contribution >= 0.6 is 11.6 Å². The van der Waals surface area contributed by atoms with Crippen LogP contribution in [0.25, 0.3) is 0 Å². The standard InChI is InChI=1S/C36H45ClFN3O2/c1-4-5-6-7-27-8-12-29(13-9-27)36(43)41(32-19-22-40(23-20-32)21-18-26(2)3)25-28-10-15-31(16-11-28)39-35(42)33-24-30(37)14-17-34(33)38/h8-17,24,26,32H,4-7,18-23,25H2,1-3H3,(H,39,42). The van der Waals surface area contributed by atoms with E-state index < -0.39 is 11.7 Å². The Labute approximate surface area is 261 Å². The molecule has 0 radical (unpaired) electrons. The molecule has 0 spiro atoms. The smallest absolute Gasteiger partial charge is 0.258 e. The molecule has 0 bridgehead atoms. The maximum absolute atomic E-state index is 14.2. The fraction of sp³-hybridized carbons (Fsp3) is 0.444. The van der Waals surface area contributed by atoms with Crippen molar-refractivity contribution in [2.24, 2.45) is 5.92 Å². The first-order chi connectivity index (χ1) is 20.7. The van der Waals surface area contributed by atoms with Gasteiger partial charge in [0.25, 0.3) is 11.8 Å². The number of aryl methyl sites for hydroxylation is 1. The highest BCUT2D eigenvalue weighted by Gasteiger charge is 2.29. The monoisotopic (exact) mass is 605 g/mol. The molecule has 0 saturated carbocycles. The fourth-order valence-electron chi connectivity index (χ4n) is 5.58. The Morgan fingerprint density at radius 3 is 2.30 bits per heavy atom. The molecule has 1 aliphatic rings. The fourth-order valence-corrected chi connectivity index (χ4v) is 5.75. The van der Waals surface area contributed by atoms with E-state index in [4.69, 9.17) is 11.6 Å². The second-order valence-corrected chi connectivity index (χ2v) is 12.6. The zero-order chi connectivity index (χ0) is 30.8. The van der Waals surface area contributed by atoms with Crippen LogP contribution in [-0.4, -0.2) is 47.3 Å². The Hall–Kier alpha value is -3.22. The van der Waals surface area contributed by atoms with Crippen molar-refractivity contribution >= 4 is 29.1 Å². The molecule has 1 saturated heterocycles. The number of piperidine rings is 1. The zero-order valence-electron chi connectivity index (χ0n) is 25.8. The first kappa shape index (κ1) is 32.7. The number of hydrogen-bond acceptors (Lipinski definition) is 3. The number of anilines is 1. The number of unbranched alkanes of at least 4 members (excludes halogenated alkanes) is 2. The highest BCUT2D eigenvalue weighted by atomic mass is 35.5. The molecular weight excluding hydrogens is 561 g/mol. The van der Waals surface area contributed by atoms with Crippen LogP contribution in [0, 0.1) is 11.7 Å². The number of nitrogens with zero attached hydrogens (tertiary/aromatic N) is 2. The van der Waals surface area contributed by atoms with Gasteiger partial charge in [-0.1, -0.05) is 69.5 Å². The van der Waals surface area contributed by atoms with Gasteiger partial charge in [-0.05, 0) is 98.2 Å². The molecule has 0 aromatic heterocycles. The van der Waals surface area contributed by atoms with Crippen LogP contribution in [-0.2, 0) is 13.0 Å². The van der Waals surface area contributed by atoms with Crippen molar-refractivity contribution in [1.82, 2.24) is 9.80 Å². The molecule has 7 heteroatoms. The topological polar surface area (TPSA) is 52.7 Å². The molecule has 1 heterocycles. The van der Waals surface area contributed by atoms with Crippen LogP contribution in [0.15, 0.2) is 66.7 Å². The summed E-state index contributed by atoms with van der Waals surface area (Å²) in [7, 11) is 0. The van der Waals surface area contributed by atoms with Crippen LogP contribution in [0.4, 0.5) is 10.1 Å². The van der Waals surface area contributed by atoms with E-state index >= 15 is 0 Å². The number of hydrogen-bond donors (Lipinski definition) is 1. The molecule has 0 unspecified atom stereocenters. The minimum absolute atomic E-state index is 0.0505. The van der Waals surface area contributed by atoms with E-state index in [0.717, 1.165) is 50.9 Å². The number of carbonyl (C=O) groups excluding carboxylic acids is 2. The molecule has 0 aliphatic carbocycles. The van der Waals surface area contributed by atoms with Crippen molar-refractivity contribution in [3.05, 3.63) is 99.8 Å². The summed E-state index contributed by atoms with van der Waals surface area (Å²) >= 11 is 5.95. The van der Waals surface area contributed by atoms with Gasteiger partial charge < -0.3 is 15.1 Å². The Bertz CT molecular complexity index is 1340. The summed E-state index contributed by atoms with van der Waals surface area (Å²) in [4.78, 5) is 31.1. The van der Waals surface area contributed by atoms with Crippen molar-refractivity contribution in [2.45, 2.75) is 78.3 Å². The molecule has 5 nitrogen and oxygen atoms in total. The Morgan fingerprint density at radius 1 is 0.977 bits per heavy atom. The van der Waals surface area contributed by atoms with Crippen molar-refractivity contribution < 1.29 is 14.0 Å². The number of amides is 2. The van der Waals surface area contributed by atoms with E-state index in [2.05, 4.69) is 43.1 Å². The van der Waals surface area contributed by atoms with Crippen molar-refractivity contribution in [3.8, 4) is 0 Å². The lowest BCUT2D eigenvalue weighted by Crippen LogP contribution is -2.47. The summed E-state index contributed by atoms with van der Waals surface area (Å²) in [5, 5.41) is 3.04. The number of nitrogens with one attached hydrogen (secondary N) is 1. The van der Waals surface area contributed by atoms with E-state index in [1.54, 1.807) is 12.1 Å². The molecule has 0 atom stereocenters. The third-order valence-corrected chi connectivity index (χ3v) is 8.52. The summed E-state index contributed by atoms with van der Waals surface area (Å²) in [5.41, 5.74) is 3.39. The van der Waals surface area contributed by atoms with Gasteiger partial charge in [0.15, 0.2) is 0 Å². The first-order valence-corrected chi connectivity index (χ1v) is 16.1. The molecule has 1 aliphatic heterocycles. The molecule has 230 valence electrons. The molecule has 1 fully saturated rings. The van der Waals surface area contributed by atoms with Crippen LogP contribution < -0.4 is 5.32 Å². The second-order valence-electron chi connectivity index (χ2n) is 12.1. The average Bonchev–Trinajstić information content (AvgIpc) is 3.01. The van der Waals surface area contributed by atoms with Crippen molar-refractivity contribution in [2.75, 3.05) is 25.0 Å². The van der Waals surface area contributed by atoms with Crippen LogP contribution in [0.3, 0.4) is 0 Å². The Balaban J connectivity index is 1.46. The number of benzene rings is 3. The summed E-state index contributed by atoms with van der Waals surface area (Å²) in [5.74, 6) is -0.462. The first-order valence-electron chi connectivity index (χ1n) is 15.7. The van der Waals surface area contributed by atoms with Gasteiger partial charge in [0.2, 0.25) is 0 Å². The molecular formula is C36H45ClFN3O2. The molecule has 1 N–H and O–H groups in total. The summed E-state index contributed by atoms with van der Waals surface area (Å²) in [6.45, 7) is 10.3. The minimum atomic E-state index is -0.628.